The van der Waals surface area contributed by atoms with Gasteiger partial charge < -0.3 is 10.2 Å². The van der Waals surface area contributed by atoms with Gasteiger partial charge >= 0.3 is 0 Å². The molecule has 2 heterocycles. The first-order valence-corrected chi connectivity index (χ1v) is 7.80. The summed E-state index contributed by atoms with van der Waals surface area (Å²) >= 11 is 0. The third kappa shape index (κ3) is 3.95. The lowest BCUT2D eigenvalue weighted by Crippen LogP contribution is -2.35. The minimum absolute atomic E-state index is 0.137. The van der Waals surface area contributed by atoms with E-state index >= 15 is 0 Å². The molecule has 0 amide bonds. The fourth-order valence-electron chi connectivity index (χ4n) is 2.74. The molecule has 3 nitrogen and oxygen atoms in total. The maximum Gasteiger partial charge on any atom is 0.133 e. The van der Waals surface area contributed by atoms with Gasteiger partial charge in [-0.2, -0.15) is 0 Å². The molecule has 0 bridgehead atoms. The average Bonchev–Trinajstić information content (AvgIpc) is 2.85. The lowest BCUT2D eigenvalue weighted by atomic mass is 9.95. The third-order valence-electron chi connectivity index (χ3n) is 4.14. The van der Waals surface area contributed by atoms with Gasteiger partial charge in [-0.1, -0.05) is 19.9 Å². The number of pyridine rings is 1. The molecule has 112 valence electrons. The molecule has 20 heavy (non-hydrogen) atoms. The second kappa shape index (κ2) is 6.13. The van der Waals surface area contributed by atoms with Crippen molar-refractivity contribution in [2.75, 3.05) is 18.0 Å². The van der Waals surface area contributed by atoms with Gasteiger partial charge in [0.05, 0.1) is 0 Å². The van der Waals surface area contributed by atoms with Crippen LogP contribution >= 0.6 is 0 Å². The van der Waals surface area contributed by atoms with E-state index in [1.165, 1.54) is 17.8 Å². The van der Waals surface area contributed by atoms with Gasteiger partial charge in [0.2, 0.25) is 0 Å². The molecule has 1 fully saturated rings. The average molecular weight is 275 g/mol. The Kier molecular flexibility index (Phi) is 4.69. The van der Waals surface area contributed by atoms with Crippen LogP contribution in [0.5, 0.6) is 0 Å². The molecule has 1 saturated heterocycles. The highest BCUT2D eigenvalue weighted by Gasteiger charge is 2.27. The molecule has 0 aromatic carbocycles. The van der Waals surface area contributed by atoms with Crippen molar-refractivity contribution in [3.05, 3.63) is 23.9 Å². The van der Waals surface area contributed by atoms with Gasteiger partial charge in [-0.15, -0.1) is 0 Å². The molecular formula is C17H29N3. The Hall–Kier alpha value is -1.09. The van der Waals surface area contributed by atoms with Crippen molar-refractivity contribution in [2.24, 2.45) is 11.8 Å². The van der Waals surface area contributed by atoms with Crippen LogP contribution in [-0.4, -0.2) is 23.6 Å². The number of hydrogen-bond acceptors (Lipinski definition) is 3. The summed E-state index contributed by atoms with van der Waals surface area (Å²) in [6.07, 6.45) is 3.21. The number of nitrogens with one attached hydrogen (secondary N) is 1. The van der Waals surface area contributed by atoms with Gasteiger partial charge in [0, 0.05) is 36.9 Å². The van der Waals surface area contributed by atoms with E-state index in [4.69, 9.17) is 0 Å². The number of nitrogens with zero attached hydrogens (tertiary/aromatic N) is 2. The summed E-state index contributed by atoms with van der Waals surface area (Å²) in [4.78, 5) is 7.10. The Morgan fingerprint density at radius 3 is 2.75 bits per heavy atom. The molecule has 1 aromatic heterocycles. The van der Waals surface area contributed by atoms with Crippen molar-refractivity contribution in [3.63, 3.8) is 0 Å². The minimum atomic E-state index is 0.137. The summed E-state index contributed by atoms with van der Waals surface area (Å²) in [5, 5.41) is 3.57. The van der Waals surface area contributed by atoms with Crippen LogP contribution in [0.15, 0.2) is 18.3 Å². The molecule has 1 atom stereocenters. The normalized spacial score (nSPS) is 19.9. The minimum Gasteiger partial charge on any atom is -0.356 e. The van der Waals surface area contributed by atoms with Crippen molar-refractivity contribution < 1.29 is 0 Å². The summed E-state index contributed by atoms with van der Waals surface area (Å²) in [7, 11) is 0. The first kappa shape index (κ1) is 15.3. The predicted molar refractivity (Wildman–Crippen MR) is 86.0 cm³/mol. The zero-order valence-corrected chi connectivity index (χ0v) is 13.6. The fourth-order valence-corrected chi connectivity index (χ4v) is 2.74. The Morgan fingerprint density at radius 2 is 2.15 bits per heavy atom. The Labute approximate surface area is 123 Å². The SMILES string of the molecule is CC(C)C1CCN(c2ncccc2CNC(C)(C)C)C1. The van der Waals surface area contributed by atoms with Crippen LogP contribution in [0.1, 0.15) is 46.6 Å². The van der Waals surface area contributed by atoms with Crippen LogP contribution in [0.3, 0.4) is 0 Å². The second-order valence-electron chi connectivity index (χ2n) is 7.33. The molecule has 0 radical (unpaired) electrons. The monoisotopic (exact) mass is 275 g/mol. The van der Waals surface area contributed by atoms with Crippen molar-refractivity contribution in [3.8, 4) is 0 Å². The number of anilines is 1. The van der Waals surface area contributed by atoms with Gasteiger partial charge in [-0.05, 0) is 45.1 Å². The first-order chi connectivity index (χ1) is 9.37. The fraction of sp³-hybridized carbons (Fsp3) is 0.706. The van der Waals surface area contributed by atoms with Gasteiger partial charge in [0.1, 0.15) is 5.82 Å². The summed E-state index contributed by atoms with van der Waals surface area (Å²) in [6, 6.07) is 4.24. The molecule has 1 aliphatic rings. The molecule has 0 saturated carbocycles. The molecule has 2 rings (SSSR count). The van der Waals surface area contributed by atoms with E-state index in [0.717, 1.165) is 31.5 Å². The van der Waals surface area contributed by atoms with Gasteiger partial charge in [-0.25, -0.2) is 4.98 Å². The number of rotatable bonds is 4. The Morgan fingerprint density at radius 1 is 1.40 bits per heavy atom. The highest BCUT2D eigenvalue weighted by molar-refractivity contribution is 5.47. The van der Waals surface area contributed by atoms with Crippen LogP contribution in [0.2, 0.25) is 0 Å². The maximum atomic E-state index is 4.64. The summed E-state index contributed by atoms with van der Waals surface area (Å²) in [6.45, 7) is 14.4. The molecule has 1 N–H and O–H groups in total. The Balaban J connectivity index is 2.08. The quantitative estimate of drug-likeness (QED) is 0.912. The van der Waals surface area contributed by atoms with E-state index in [1.807, 2.05) is 12.3 Å². The highest BCUT2D eigenvalue weighted by Crippen LogP contribution is 2.29. The summed E-state index contributed by atoms with van der Waals surface area (Å²) in [5.41, 5.74) is 1.45. The van der Waals surface area contributed by atoms with Crippen LogP contribution in [0, 0.1) is 11.8 Å². The molecule has 1 aromatic rings. The largest absolute Gasteiger partial charge is 0.356 e. The van der Waals surface area contributed by atoms with Crippen molar-refractivity contribution in [1.82, 2.24) is 10.3 Å². The van der Waals surface area contributed by atoms with E-state index in [1.54, 1.807) is 0 Å². The van der Waals surface area contributed by atoms with Crippen LogP contribution < -0.4 is 10.2 Å². The Bertz CT molecular complexity index is 434. The van der Waals surface area contributed by atoms with Crippen LogP contribution in [0.4, 0.5) is 5.82 Å². The van der Waals surface area contributed by atoms with Gasteiger partial charge in [0.25, 0.3) is 0 Å². The zero-order valence-electron chi connectivity index (χ0n) is 13.6. The third-order valence-corrected chi connectivity index (χ3v) is 4.14. The smallest absolute Gasteiger partial charge is 0.133 e. The van der Waals surface area contributed by atoms with Crippen molar-refractivity contribution in [1.29, 1.82) is 0 Å². The molecular weight excluding hydrogens is 246 g/mol. The summed E-state index contributed by atoms with van der Waals surface area (Å²) in [5.74, 6) is 2.74. The zero-order chi connectivity index (χ0) is 14.8. The van der Waals surface area contributed by atoms with E-state index < -0.39 is 0 Å². The second-order valence-corrected chi connectivity index (χ2v) is 7.33. The van der Waals surface area contributed by atoms with E-state index in [2.05, 4.69) is 55.9 Å². The topological polar surface area (TPSA) is 28.2 Å². The van der Waals surface area contributed by atoms with Crippen LogP contribution in [-0.2, 0) is 6.54 Å². The van der Waals surface area contributed by atoms with E-state index in [9.17, 15) is 0 Å². The van der Waals surface area contributed by atoms with Gasteiger partial charge in [0.15, 0.2) is 0 Å². The maximum absolute atomic E-state index is 4.64. The van der Waals surface area contributed by atoms with Crippen molar-refractivity contribution >= 4 is 5.82 Å². The molecule has 1 aliphatic heterocycles. The first-order valence-electron chi connectivity index (χ1n) is 7.80. The van der Waals surface area contributed by atoms with E-state index in [-0.39, 0.29) is 5.54 Å². The number of aromatic nitrogens is 1. The molecule has 3 heteroatoms. The van der Waals surface area contributed by atoms with Crippen molar-refractivity contribution in [2.45, 2.75) is 53.1 Å². The molecule has 1 unspecified atom stereocenters. The van der Waals surface area contributed by atoms with Crippen LogP contribution in [0.25, 0.3) is 0 Å². The van der Waals surface area contributed by atoms with E-state index in [0.29, 0.717) is 0 Å². The lowest BCUT2D eigenvalue weighted by molar-refractivity contribution is 0.420. The lowest BCUT2D eigenvalue weighted by Gasteiger charge is -2.25. The number of hydrogen-bond donors (Lipinski definition) is 1. The standard InChI is InChI=1S/C17H29N3/c1-13(2)15-8-10-20(12-15)16-14(7-6-9-18-16)11-19-17(3,4)5/h6-7,9,13,15,19H,8,10-12H2,1-5H3. The molecule has 0 aliphatic carbocycles. The molecule has 0 spiro atoms. The predicted octanol–water partition coefficient (Wildman–Crippen LogP) is 3.45. The van der Waals surface area contributed by atoms with Gasteiger partial charge in [-0.3, -0.25) is 0 Å². The highest BCUT2D eigenvalue weighted by atomic mass is 15.2. The summed E-state index contributed by atoms with van der Waals surface area (Å²) < 4.78 is 0.